The lowest BCUT2D eigenvalue weighted by Gasteiger charge is -2.57. The van der Waals surface area contributed by atoms with Gasteiger partial charge in [-0.3, -0.25) is 9.69 Å². The lowest BCUT2D eigenvalue weighted by atomic mass is 9.86. The third kappa shape index (κ3) is 2.62. The fourth-order valence-electron chi connectivity index (χ4n) is 3.77. The molecule has 3 saturated heterocycles. The van der Waals surface area contributed by atoms with E-state index in [1.165, 1.54) is 22.2 Å². The number of benzene rings is 1. The molecule has 0 spiro atoms. The van der Waals surface area contributed by atoms with Crippen molar-refractivity contribution in [2.24, 2.45) is 7.05 Å². The van der Waals surface area contributed by atoms with Crippen LogP contribution in [0.2, 0.25) is 5.02 Å². The van der Waals surface area contributed by atoms with Crippen molar-refractivity contribution in [1.82, 2.24) is 14.7 Å². The maximum atomic E-state index is 12.0. The molecule has 2 bridgehead atoms. The summed E-state index contributed by atoms with van der Waals surface area (Å²) in [6.45, 7) is 4.90. The van der Waals surface area contributed by atoms with Crippen LogP contribution in [0.15, 0.2) is 35.3 Å². The summed E-state index contributed by atoms with van der Waals surface area (Å²) in [6.07, 6.45) is 2.93. The second-order valence-electron chi connectivity index (χ2n) is 6.88. The van der Waals surface area contributed by atoms with E-state index in [9.17, 15) is 4.79 Å². The molecule has 24 heavy (non-hydrogen) atoms. The van der Waals surface area contributed by atoms with Gasteiger partial charge in [-0.25, -0.2) is 4.68 Å². The zero-order chi connectivity index (χ0) is 16.8. The number of anilines is 1. The van der Waals surface area contributed by atoms with Gasteiger partial charge in [0.15, 0.2) is 0 Å². The predicted molar refractivity (Wildman–Crippen MR) is 95.6 cm³/mol. The highest BCUT2D eigenvalue weighted by atomic mass is 35.5. The summed E-state index contributed by atoms with van der Waals surface area (Å²) in [6, 6.07) is 9.80. The van der Waals surface area contributed by atoms with Crippen LogP contribution in [0.25, 0.3) is 0 Å². The minimum atomic E-state index is -0.232. The molecule has 0 amide bonds. The molecule has 0 aliphatic carbocycles. The Morgan fingerprint density at radius 1 is 1.21 bits per heavy atom. The molecule has 126 valence electrons. The highest BCUT2D eigenvalue weighted by Crippen LogP contribution is 2.36. The average Bonchev–Trinajstić information content (AvgIpc) is 2.59. The van der Waals surface area contributed by atoms with Crippen LogP contribution >= 0.6 is 11.6 Å². The Labute approximate surface area is 146 Å². The molecule has 0 radical (unpaired) electrons. The molecule has 3 fully saturated rings. The minimum Gasteiger partial charge on any atom is -0.366 e. The number of rotatable bonds is 3. The number of aromatic nitrogens is 2. The zero-order valence-corrected chi connectivity index (χ0v) is 14.7. The van der Waals surface area contributed by atoms with E-state index in [0.717, 1.165) is 25.3 Å². The molecule has 4 heterocycles. The lowest BCUT2D eigenvalue weighted by Crippen LogP contribution is -2.68. The number of nitrogens with zero attached hydrogens (tertiary/aromatic N) is 4. The summed E-state index contributed by atoms with van der Waals surface area (Å²) in [5, 5.41) is 4.39. The number of piperazine rings is 1. The molecular formula is C18H21ClN4O. The summed E-state index contributed by atoms with van der Waals surface area (Å²) >= 11 is 6.25. The monoisotopic (exact) mass is 344 g/mol. The molecule has 2 atom stereocenters. The van der Waals surface area contributed by atoms with E-state index in [4.69, 9.17) is 11.6 Å². The van der Waals surface area contributed by atoms with E-state index in [1.54, 1.807) is 13.2 Å². The van der Waals surface area contributed by atoms with Crippen molar-refractivity contribution in [3.63, 3.8) is 0 Å². The molecule has 2 aromatic rings. The van der Waals surface area contributed by atoms with Gasteiger partial charge in [0.05, 0.1) is 11.9 Å². The van der Waals surface area contributed by atoms with Gasteiger partial charge in [0.1, 0.15) is 5.02 Å². The van der Waals surface area contributed by atoms with Gasteiger partial charge in [-0.15, -0.1) is 0 Å². The van der Waals surface area contributed by atoms with Crippen LogP contribution in [0.5, 0.6) is 0 Å². The fraction of sp³-hybridized carbons (Fsp3) is 0.444. The SMILES string of the molecule is Cc1ccc(CN2C3CC2CN(c2cnn(C)c(=O)c2Cl)C3)cc1. The highest BCUT2D eigenvalue weighted by Gasteiger charge is 2.44. The second-order valence-corrected chi connectivity index (χ2v) is 7.26. The van der Waals surface area contributed by atoms with E-state index in [-0.39, 0.29) is 10.6 Å². The molecule has 0 N–H and O–H groups in total. The molecule has 1 aromatic carbocycles. The standard InChI is InChI=1S/C18H21ClN4O/c1-12-3-5-13(6-4-12)9-23-14-7-15(23)11-22(10-14)16-8-20-21(2)18(24)17(16)19/h3-6,8,14-15H,7,9-11H2,1-2H3. The van der Waals surface area contributed by atoms with Crippen molar-refractivity contribution in [1.29, 1.82) is 0 Å². The summed E-state index contributed by atoms with van der Waals surface area (Å²) in [5.41, 5.74) is 3.19. The van der Waals surface area contributed by atoms with Gasteiger partial charge in [0.2, 0.25) is 0 Å². The number of halogens is 1. The van der Waals surface area contributed by atoms with E-state index in [2.05, 4.69) is 46.1 Å². The first-order valence-electron chi connectivity index (χ1n) is 8.31. The molecule has 1 aromatic heterocycles. The molecule has 2 unspecified atom stereocenters. The molecular weight excluding hydrogens is 324 g/mol. The quantitative estimate of drug-likeness (QED) is 0.856. The number of hydrogen-bond donors (Lipinski definition) is 0. The van der Waals surface area contributed by atoms with Crippen LogP contribution in [0, 0.1) is 6.92 Å². The van der Waals surface area contributed by atoms with Crippen molar-refractivity contribution < 1.29 is 0 Å². The molecule has 5 nitrogen and oxygen atoms in total. The molecule has 3 aliphatic rings. The minimum absolute atomic E-state index is 0.232. The van der Waals surface area contributed by atoms with Crippen molar-refractivity contribution in [2.45, 2.75) is 32.0 Å². The number of aryl methyl sites for hydroxylation is 2. The Hall–Kier alpha value is -1.85. The Morgan fingerprint density at radius 2 is 1.88 bits per heavy atom. The van der Waals surface area contributed by atoms with Crippen molar-refractivity contribution in [3.8, 4) is 0 Å². The van der Waals surface area contributed by atoms with Crippen molar-refractivity contribution in [3.05, 3.63) is 57.0 Å². The van der Waals surface area contributed by atoms with E-state index in [0.29, 0.717) is 12.1 Å². The van der Waals surface area contributed by atoms with Gasteiger partial charge in [-0.05, 0) is 18.9 Å². The Bertz CT molecular complexity index is 805. The van der Waals surface area contributed by atoms with Crippen LogP contribution in [-0.2, 0) is 13.6 Å². The lowest BCUT2D eigenvalue weighted by molar-refractivity contribution is -0.00846. The van der Waals surface area contributed by atoms with Crippen molar-refractivity contribution in [2.75, 3.05) is 18.0 Å². The molecule has 5 rings (SSSR count). The van der Waals surface area contributed by atoms with E-state index < -0.39 is 0 Å². The van der Waals surface area contributed by atoms with Crippen LogP contribution < -0.4 is 10.5 Å². The number of piperidine rings is 1. The van der Waals surface area contributed by atoms with E-state index in [1.807, 2.05) is 0 Å². The first-order valence-corrected chi connectivity index (χ1v) is 8.69. The second kappa shape index (κ2) is 5.90. The number of fused-ring (bicyclic) bond motifs is 2. The normalized spacial score (nSPS) is 23.2. The summed E-state index contributed by atoms with van der Waals surface area (Å²) in [5.74, 6) is 0. The Morgan fingerprint density at radius 3 is 2.54 bits per heavy atom. The third-order valence-electron chi connectivity index (χ3n) is 5.23. The van der Waals surface area contributed by atoms with Crippen molar-refractivity contribution >= 4 is 17.3 Å². The predicted octanol–water partition coefficient (Wildman–Crippen LogP) is 2.21. The van der Waals surface area contributed by atoms with Gasteiger partial charge in [0, 0.05) is 38.8 Å². The smallest absolute Gasteiger partial charge is 0.287 e. The number of hydrogen-bond acceptors (Lipinski definition) is 4. The molecule has 0 saturated carbocycles. The zero-order valence-electron chi connectivity index (χ0n) is 13.9. The van der Waals surface area contributed by atoms with Crippen LogP contribution in [-0.4, -0.2) is 39.9 Å². The Kier molecular flexibility index (Phi) is 3.85. The molecule has 3 aliphatic heterocycles. The van der Waals surface area contributed by atoms with Gasteiger partial charge < -0.3 is 4.90 Å². The first kappa shape index (κ1) is 15.7. The fourth-order valence-corrected chi connectivity index (χ4v) is 4.06. The van der Waals surface area contributed by atoms with Gasteiger partial charge in [0.25, 0.3) is 5.56 Å². The maximum Gasteiger partial charge on any atom is 0.287 e. The first-order chi connectivity index (χ1) is 11.5. The van der Waals surface area contributed by atoms with E-state index >= 15 is 0 Å². The topological polar surface area (TPSA) is 41.4 Å². The van der Waals surface area contributed by atoms with Crippen LogP contribution in [0.3, 0.4) is 0 Å². The largest absolute Gasteiger partial charge is 0.366 e. The van der Waals surface area contributed by atoms with Crippen LogP contribution in [0.1, 0.15) is 17.5 Å². The van der Waals surface area contributed by atoms with Gasteiger partial charge in [-0.2, -0.15) is 5.10 Å². The molecule has 6 heteroatoms. The highest BCUT2D eigenvalue weighted by molar-refractivity contribution is 6.33. The maximum absolute atomic E-state index is 12.0. The third-order valence-corrected chi connectivity index (χ3v) is 5.59. The summed E-state index contributed by atoms with van der Waals surface area (Å²) in [4.78, 5) is 16.8. The average molecular weight is 345 g/mol. The van der Waals surface area contributed by atoms with Crippen LogP contribution in [0.4, 0.5) is 5.69 Å². The Balaban J connectivity index is 1.48. The van der Waals surface area contributed by atoms with Gasteiger partial charge in [-0.1, -0.05) is 41.4 Å². The van der Waals surface area contributed by atoms with Gasteiger partial charge >= 0.3 is 0 Å². The summed E-state index contributed by atoms with van der Waals surface area (Å²) in [7, 11) is 1.62. The summed E-state index contributed by atoms with van der Waals surface area (Å²) < 4.78 is 1.28.